The average Bonchev–Trinajstić information content (AvgIpc) is 3.69. The van der Waals surface area contributed by atoms with E-state index in [9.17, 15) is 4.79 Å². The van der Waals surface area contributed by atoms with Gasteiger partial charge < -0.3 is 19.2 Å². The molecule has 0 spiro atoms. The number of carbonyl (C=O) groups is 1. The molecule has 0 unspecified atom stereocenters. The van der Waals surface area contributed by atoms with Crippen LogP contribution in [-0.2, 0) is 4.79 Å². The summed E-state index contributed by atoms with van der Waals surface area (Å²) in [4.78, 5) is 14.0. The molecule has 6 aromatic rings. The zero-order chi connectivity index (χ0) is 26.1. The number of thiophene rings is 1. The highest BCUT2D eigenvalue weighted by Gasteiger charge is 2.21. The first-order valence-electron chi connectivity index (χ1n) is 11.7. The third-order valence-electron chi connectivity index (χ3n) is 6.01. The number of anilines is 1. The lowest BCUT2D eigenvalue weighted by atomic mass is 10.1. The van der Waals surface area contributed by atoms with Gasteiger partial charge in [-0.15, -0.1) is 21.5 Å². The standard InChI is InChI=1S/C28H22N4O4S2/c1-34-22-11-6-4-9-20(22)32-27(25-12-7-13-37-25)30-31-28(32)38-16-26(33)29-19-15-23-18(14-24(19)35-2)17-8-3-5-10-21(17)36-23/h3-15H,16H2,1-2H3,(H,29,33). The number of benzene rings is 3. The molecule has 1 amide bonds. The Morgan fingerprint density at radius 3 is 2.58 bits per heavy atom. The highest BCUT2D eigenvalue weighted by Crippen LogP contribution is 2.37. The first kappa shape index (κ1) is 24.1. The Morgan fingerprint density at radius 1 is 0.947 bits per heavy atom. The summed E-state index contributed by atoms with van der Waals surface area (Å²) in [6.45, 7) is 0. The van der Waals surface area contributed by atoms with Gasteiger partial charge in [0, 0.05) is 16.8 Å². The van der Waals surface area contributed by atoms with Gasteiger partial charge in [-0.25, -0.2) is 0 Å². The minimum Gasteiger partial charge on any atom is -0.495 e. The van der Waals surface area contributed by atoms with Gasteiger partial charge >= 0.3 is 0 Å². The molecule has 0 aliphatic carbocycles. The van der Waals surface area contributed by atoms with Crippen molar-refractivity contribution in [2.24, 2.45) is 0 Å². The first-order chi connectivity index (χ1) is 18.7. The maximum Gasteiger partial charge on any atom is 0.234 e. The molecule has 8 nitrogen and oxygen atoms in total. The molecule has 3 aromatic heterocycles. The number of thioether (sulfide) groups is 1. The Hall–Kier alpha value is -4.28. The Labute approximate surface area is 226 Å². The lowest BCUT2D eigenvalue weighted by Gasteiger charge is -2.13. The van der Waals surface area contributed by atoms with E-state index in [1.54, 1.807) is 31.6 Å². The van der Waals surface area contributed by atoms with Crippen LogP contribution in [0.4, 0.5) is 5.69 Å². The van der Waals surface area contributed by atoms with E-state index < -0.39 is 0 Å². The molecule has 10 heteroatoms. The van der Waals surface area contributed by atoms with E-state index in [1.807, 2.05) is 76.7 Å². The van der Waals surface area contributed by atoms with E-state index in [0.29, 0.717) is 33.8 Å². The van der Waals surface area contributed by atoms with Crippen LogP contribution in [0.25, 0.3) is 38.3 Å². The number of nitrogens with zero attached hydrogens (tertiary/aromatic N) is 3. The van der Waals surface area contributed by atoms with Crippen LogP contribution in [0.3, 0.4) is 0 Å². The largest absolute Gasteiger partial charge is 0.495 e. The van der Waals surface area contributed by atoms with Crippen molar-refractivity contribution in [2.75, 3.05) is 25.3 Å². The van der Waals surface area contributed by atoms with Crippen molar-refractivity contribution in [1.82, 2.24) is 14.8 Å². The molecule has 1 N–H and O–H groups in total. The van der Waals surface area contributed by atoms with Crippen LogP contribution in [0.15, 0.2) is 87.8 Å². The fraction of sp³-hybridized carbons (Fsp3) is 0.107. The Morgan fingerprint density at radius 2 is 1.76 bits per heavy atom. The van der Waals surface area contributed by atoms with Crippen LogP contribution in [-0.4, -0.2) is 40.6 Å². The number of fused-ring (bicyclic) bond motifs is 3. The smallest absolute Gasteiger partial charge is 0.234 e. The van der Waals surface area contributed by atoms with Gasteiger partial charge in [0.25, 0.3) is 0 Å². The summed E-state index contributed by atoms with van der Waals surface area (Å²) in [6.07, 6.45) is 0. The second kappa shape index (κ2) is 10.2. The maximum absolute atomic E-state index is 13.1. The summed E-state index contributed by atoms with van der Waals surface area (Å²) < 4.78 is 19.1. The molecule has 0 bridgehead atoms. The van der Waals surface area contributed by atoms with Crippen molar-refractivity contribution in [3.8, 4) is 27.9 Å². The van der Waals surface area contributed by atoms with Crippen molar-refractivity contribution in [3.63, 3.8) is 0 Å². The molecule has 0 radical (unpaired) electrons. The van der Waals surface area contributed by atoms with Gasteiger partial charge in [-0.3, -0.25) is 9.36 Å². The Bertz CT molecular complexity index is 1760. The number of nitrogens with one attached hydrogen (secondary N) is 1. The molecule has 190 valence electrons. The van der Waals surface area contributed by atoms with Gasteiger partial charge in [0.15, 0.2) is 11.0 Å². The molecule has 0 aliphatic rings. The van der Waals surface area contributed by atoms with E-state index in [1.165, 1.54) is 11.8 Å². The number of carbonyl (C=O) groups excluding carboxylic acids is 1. The molecule has 3 aromatic carbocycles. The summed E-state index contributed by atoms with van der Waals surface area (Å²) >= 11 is 2.86. The average molecular weight is 543 g/mol. The predicted octanol–water partition coefficient (Wildman–Crippen LogP) is 6.64. The number of rotatable bonds is 8. The van der Waals surface area contributed by atoms with Gasteiger partial charge in [-0.2, -0.15) is 0 Å². The van der Waals surface area contributed by atoms with Gasteiger partial charge in [0.1, 0.15) is 22.7 Å². The monoisotopic (exact) mass is 542 g/mol. The van der Waals surface area contributed by atoms with Crippen molar-refractivity contribution >= 4 is 56.6 Å². The minimum atomic E-state index is -0.212. The van der Waals surface area contributed by atoms with Gasteiger partial charge in [0.05, 0.1) is 36.2 Å². The number of hydrogen-bond donors (Lipinski definition) is 1. The topological polar surface area (TPSA) is 91.4 Å². The molecule has 0 aliphatic heterocycles. The van der Waals surface area contributed by atoms with Crippen molar-refractivity contribution in [2.45, 2.75) is 5.16 Å². The van der Waals surface area contributed by atoms with Crippen molar-refractivity contribution in [3.05, 3.63) is 78.2 Å². The molecule has 0 fully saturated rings. The second-order valence-corrected chi connectivity index (χ2v) is 10.2. The lowest BCUT2D eigenvalue weighted by molar-refractivity contribution is -0.113. The van der Waals surface area contributed by atoms with Crippen molar-refractivity contribution in [1.29, 1.82) is 0 Å². The zero-order valence-corrected chi connectivity index (χ0v) is 22.1. The summed E-state index contributed by atoms with van der Waals surface area (Å²) in [5.41, 5.74) is 2.78. The lowest BCUT2D eigenvalue weighted by Crippen LogP contribution is -2.15. The SMILES string of the molecule is COc1cc2c(cc1NC(=O)CSc1nnc(-c3cccs3)n1-c1ccccc1OC)oc1ccccc12. The molecule has 0 saturated carbocycles. The third-order valence-corrected chi connectivity index (χ3v) is 7.80. The Balaban J connectivity index is 1.28. The number of amides is 1. The molecule has 0 atom stereocenters. The maximum atomic E-state index is 13.1. The molecular formula is C28H22N4O4S2. The number of ether oxygens (including phenoxy) is 2. The summed E-state index contributed by atoms with van der Waals surface area (Å²) in [5, 5.41) is 16.3. The van der Waals surface area contributed by atoms with Gasteiger partial charge in [-0.1, -0.05) is 48.2 Å². The normalized spacial score (nSPS) is 11.2. The second-order valence-electron chi connectivity index (χ2n) is 8.27. The fourth-order valence-electron chi connectivity index (χ4n) is 4.29. The number of methoxy groups -OCH3 is 2. The zero-order valence-electron chi connectivity index (χ0n) is 20.5. The van der Waals surface area contributed by atoms with Crippen molar-refractivity contribution < 1.29 is 18.7 Å². The van der Waals surface area contributed by atoms with E-state index in [-0.39, 0.29) is 11.7 Å². The number of furan rings is 1. The minimum absolute atomic E-state index is 0.110. The molecule has 0 saturated heterocycles. The summed E-state index contributed by atoms with van der Waals surface area (Å²) in [5.74, 6) is 1.82. The van der Waals surface area contributed by atoms with E-state index in [2.05, 4.69) is 15.5 Å². The van der Waals surface area contributed by atoms with E-state index in [4.69, 9.17) is 13.9 Å². The van der Waals surface area contributed by atoms with Gasteiger partial charge in [0.2, 0.25) is 5.91 Å². The van der Waals surface area contributed by atoms with E-state index >= 15 is 0 Å². The van der Waals surface area contributed by atoms with Crippen LogP contribution in [0.2, 0.25) is 0 Å². The van der Waals surface area contributed by atoms with Crippen LogP contribution < -0.4 is 14.8 Å². The van der Waals surface area contributed by atoms with Crippen LogP contribution in [0.5, 0.6) is 11.5 Å². The highest BCUT2D eigenvalue weighted by molar-refractivity contribution is 7.99. The first-order valence-corrected chi connectivity index (χ1v) is 13.6. The quantitative estimate of drug-likeness (QED) is 0.216. The molecule has 6 rings (SSSR count). The number of para-hydroxylation sites is 3. The van der Waals surface area contributed by atoms with Crippen LogP contribution >= 0.6 is 23.1 Å². The highest BCUT2D eigenvalue weighted by atomic mass is 32.2. The number of aromatic nitrogens is 3. The number of hydrogen-bond acceptors (Lipinski definition) is 8. The molecular weight excluding hydrogens is 520 g/mol. The van der Waals surface area contributed by atoms with Crippen LogP contribution in [0.1, 0.15) is 0 Å². The van der Waals surface area contributed by atoms with Crippen LogP contribution in [0, 0.1) is 0 Å². The third kappa shape index (κ3) is 4.37. The fourth-order valence-corrected chi connectivity index (χ4v) is 5.74. The summed E-state index contributed by atoms with van der Waals surface area (Å²) in [7, 11) is 3.20. The predicted molar refractivity (Wildman–Crippen MR) is 151 cm³/mol. The molecule has 3 heterocycles. The Kier molecular flexibility index (Phi) is 6.48. The van der Waals surface area contributed by atoms with E-state index in [0.717, 1.165) is 26.9 Å². The molecule has 38 heavy (non-hydrogen) atoms. The van der Waals surface area contributed by atoms with Gasteiger partial charge in [-0.05, 0) is 35.7 Å². The summed E-state index contributed by atoms with van der Waals surface area (Å²) in [6, 6.07) is 23.1.